The van der Waals surface area contributed by atoms with Gasteiger partial charge in [-0.05, 0) is 108 Å². The molecule has 4 amide bonds. The van der Waals surface area contributed by atoms with Crippen molar-refractivity contribution in [3.63, 3.8) is 0 Å². The Labute approximate surface area is 300 Å². The Kier molecular flexibility index (Phi) is 10.5. The van der Waals surface area contributed by atoms with Crippen LogP contribution in [0.25, 0.3) is 11.1 Å². The summed E-state index contributed by atoms with van der Waals surface area (Å²) in [5, 5.41) is 10.9. The molecule has 0 unspecified atom stereocenters. The van der Waals surface area contributed by atoms with Crippen molar-refractivity contribution in [1.82, 2.24) is 0 Å². The molecule has 0 radical (unpaired) electrons. The van der Waals surface area contributed by atoms with Gasteiger partial charge in [-0.3, -0.25) is 0 Å². The van der Waals surface area contributed by atoms with E-state index in [2.05, 4.69) is 21.3 Å². The van der Waals surface area contributed by atoms with E-state index in [4.69, 9.17) is 8.37 Å². The van der Waals surface area contributed by atoms with E-state index in [0.717, 1.165) is 11.1 Å². The number of anilines is 4. The lowest BCUT2D eigenvalue weighted by Crippen LogP contribution is -2.19. The predicted octanol–water partition coefficient (Wildman–Crippen LogP) is 8.18. The van der Waals surface area contributed by atoms with Crippen LogP contribution in [0.4, 0.5) is 32.3 Å². The van der Waals surface area contributed by atoms with Crippen LogP contribution in [0.3, 0.4) is 0 Å². The highest BCUT2D eigenvalue weighted by molar-refractivity contribution is 7.87. The molecule has 0 aromatic heterocycles. The zero-order valence-corrected chi connectivity index (χ0v) is 28.7. The van der Waals surface area contributed by atoms with Crippen molar-refractivity contribution in [3.8, 4) is 22.6 Å². The van der Waals surface area contributed by atoms with Crippen molar-refractivity contribution in [3.05, 3.63) is 158 Å². The van der Waals surface area contributed by atoms with Gasteiger partial charge >= 0.3 is 32.3 Å². The molecule has 0 aliphatic carbocycles. The van der Waals surface area contributed by atoms with E-state index >= 15 is 0 Å². The third kappa shape index (κ3) is 9.32. The fraction of sp³-hybridized carbons (Fsp3) is 0. The van der Waals surface area contributed by atoms with Gasteiger partial charge < -0.3 is 29.6 Å². The fourth-order valence-corrected chi connectivity index (χ4v) is 6.69. The van der Waals surface area contributed by atoms with Gasteiger partial charge in [0.1, 0.15) is 21.3 Å². The van der Waals surface area contributed by atoms with Gasteiger partial charge in [0.15, 0.2) is 0 Å². The molecule has 52 heavy (non-hydrogen) atoms. The third-order valence-corrected chi connectivity index (χ3v) is 9.84. The minimum atomic E-state index is -3.98. The average molecular weight is 735 g/mol. The summed E-state index contributed by atoms with van der Waals surface area (Å²) in [5.74, 6) is 0.208. The summed E-state index contributed by atoms with van der Waals surface area (Å²) in [4.78, 5) is 25.2. The third-order valence-electron chi connectivity index (χ3n) is 7.32. The van der Waals surface area contributed by atoms with Gasteiger partial charge in [-0.2, -0.15) is 16.8 Å². The molecule has 12 nitrogen and oxygen atoms in total. The van der Waals surface area contributed by atoms with E-state index in [1.165, 1.54) is 72.8 Å². The normalized spacial score (nSPS) is 11.2. The first-order valence-corrected chi connectivity index (χ1v) is 18.4. The number of benzene rings is 6. The van der Waals surface area contributed by atoms with Crippen LogP contribution < -0.4 is 29.6 Å². The van der Waals surface area contributed by atoms with E-state index in [0.29, 0.717) is 22.7 Å². The van der Waals surface area contributed by atoms with Crippen molar-refractivity contribution in [1.29, 1.82) is 0 Å². The van der Waals surface area contributed by atoms with Crippen molar-refractivity contribution < 1.29 is 34.8 Å². The zero-order chi connectivity index (χ0) is 36.6. The molecule has 6 aromatic carbocycles. The second-order valence-corrected chi connectivity index (χ2v) is 14.2. The molecule has 6 rings (SSSR count). The van der Waals surface area contributed by atoms with E-state index < -0.39 is 32.3 Å². The highest BCUT2D eigenvalue weighted by Crippen LogP contribution is 2.25. The van der Waals surface area contributed by atoms with Gasteiger partial charge in [0.25, 0.3) is 0 Å². The van der Waals surface area contributed by atoms with Crippen LogP contribution in [0.5, 0.6) is 11.5 Å². The highest BCUT2D eigenvalue weighted by Gasteiger charge is 2.17. The van der Waals surface area contributed by atoms with Gasteiger partial charge in [-0.1, -0.05) is 60.7 Å². The minimum absolute atomic E-state index is 0.0345. The van der Waals surface area contributed by atoms with Gasteiger partial charge in [0, 0.05) is 22.7 Å². The van der Waals surface area contributed by atoms with Crippen molar-refractivity contribution in [2.75, 3.05) is 21.3 Å². The molecule has 0 atom stereocenters. The molecular weight excluding hydrogens is 705 g/mol. The molecule has 0 spiro atoms. The highest BCUT2D eigenvalue weighted by atomic mass is 32.2. The van der Waals surface area contributed by atoms with Crippen molar-refractivity contribution >= 4 is 55.0 Å². The first-order valence-electron chi connectivity index (χ1n) is 15.6. The molecule has 0 fully saturated rings. The van der Waals surface area contributed by atoms with E-state index in [-0.39, 0.29) is 21.3 Å². The molecule has 0 bridgehead atoms. The predicted molar refractivity (Wildman–Crippen MR) is 199 cm³/mol. The lowest BCUT2D eigenvalue weighted by molar-refractivity contribution is 0.261. The Morgan fingerprint density at radius 1 is 0.365 bits per heavy atom. The SMILES string of the molecule is O=C(Nc1ccc(OS(=O)(=O)c2ccccc2)cc1)Nc1ccc(-c2ccc(NC(=O)Nc3ccc(OS(=O)(=O)c4ccccc4)cc3)cc2)cc1. The second kappa shape index (κ2) is 15.5. The second-order valence-electron chi connectivity index (χ2n) is 11.1. The Morgan fingerprint density at radius 3 is 0.923 bits per heavy atom. The number of amides is 4. The van der Waals surface area contributed by atoms with E-state index in [1.54, 1.807) is 60.7 Å². The summed E-state index contributed by atoms with van der Waals surface area (Å²) in [6.45, 7) is 0. The summed E-state index contributed by atoms with van der Waals surface area (Å²) in [6, 6.07) is 40.8. The van der Waals surface area contributed by atoms with Crippen molar-refractivity contribution in [2.24, 2.45) is 0 Å². The first kappa shape index (κ1) is 35.2. The summed E-state index contributed by atoms with van der Waals surface area (Å²) in [5.41, 5.74) is 3.70. The zero-order valence-electron chi connectivity index (χ0n) is 27.1. The van der Waals surface area contributed by atoms with Gasteiger partial charge in [-0.15, -0.1) is 0 Å². The van der Waals surface area contributed by atoms with Gasteiger partial charge in [0.2, 0.25) is 0 Å². The number of urea groups is 2. The topological polar surface area (TPSA) is 169 Å². The Morgan fingerprint density at radius 2 is 0.635 bits per heavy atom. The molecular formula is C38H30N4O8S2. The summed E-state index contributed by atoms with van der Waals surface area (Å²) >= 11 is 0. The van der Waals surface area contributed by atoms with E-state index in [1.807, 2.05) is 24.3 Å². The molecule has 14 heteroatoms. The lowest BCUT2D eigenvalue weighted by Gasteiger charge is -2.11. The maximum Gasteiger partial charge on any atom is 0.339 e. The van der Waals surface area contributed by atoms with Crippen LogP contribution in [-0.2, 0) is 20.2 Å². The van der Waals surface area contributed by atoms with Crippen molar-refractivity contribution in [2.45, 2.75) is 9.79 Å². The first-order chi connectivity index (χ1) is 25.0. The van der Waals surface area contributed by atoms with Crippen LogP contribution in [0.2, 0.25) is 0 Å². The number of nitrogens with one attached hydrogen (secondary N) is 4. The van der Waals surface area contributed by atoms with Crippen LogP contribution in [-0.4, -0.2) is 28.9 Å². The Bertz CT molecular complexity index is 2200. The number of carbonyl (C=O) groups excluding carboxylic acids is 2. The molecule has 0 aliphatic heterocycles. The smallest absolute Gasteiger partial charge is 0.339 e. The Hall–Kier alpha value is -6.64. The molecule has 0 aliphatic rings. The molecule has 0 heterocycles. The van der Waals surface area contributed by atoms with E-state index in [9.17, 15) is 26.4 Å². The quantitative estimate of drug-likeness (QED) is 0.0967. The van der Waals surface area contributed by atoms with Crippen LogP contribution >= 0.6 is 0 Å². The molecule has 0 saturated heterocycles. The van der Waals surface area contributed by atoms with Crippen LogP contribution in [0, 0.1) is 0 Å². The summed E-state index contributed by atoms with van der Waals surface area (Å²) in [6.07, 6.45) is 0. The monoisotopic (exact) mass is 734 g/mol. The fourth-order valence-electron chi connectivity index (χ4n) is 4.79. The summed E-state index contributed by atoms with van der Waals surface area (Å²) in [7, 11) is -7.96. The lowest BCUT2D eigenvalue weighted by atomic mass is 10.1. The maximum atomic E-state index is 12.6. The molecule has 6 aromatic rings. The molecule has 0 saturated carbocycles. The van der Waals surface area contributed by atoms with Crippen LogP contribution in [0.15, 0.2) is 168 Å². The number of hydrogen-bond acceptors (Lipinski definition) is 8. The summed E-state index contributed by atoms with van der Waals surface area (Å²) < 4.78 is 60.0. The number of rotatable bonds is 11. The molecule has 4 N–H and O–H groups in total. The average Bonchev–Trinajstić information content (AvgIpc) is 3.14. The maximum absolute atomic E-state index is 12.6. The van der Waals surface area contributed by atoms with Crippen LogP contribution in [0.1, 0.15) is 0 Å². The Balaban J connectivity index is 0.964. The standard InChI is InChI=1S/C38H30N4O8S2/c43-37(41-31-19-23-33(24-20-31)49-51(45,46)35-7-3-1-4-8-35)39-29-15-11-27(12-16-29)28-13-17-30(18-14-28)40-38(44)42-32-21-25-34(26-22-32)50-52(47,48)36-9-5-2-6-10-36/h1-26H,(H2,39,41,43)(H2,40,42,44). The molecule has 262 valence electrons. The van der Waals surface area contributed by atoms with Gasteiger partial charge in [-0.25, -0.2) is 9.59 Å². The minimum Gasteiger partial charge on any atom is -0.379 e. The largest absolute Gasteiger partial charge is 0.379 e. The number of hydrogen-bond donors (Lipinski definition) is 4. The number of carbonyl (C=O) groups is 2. The van der Waals surface area contributed by atoms with Gasteiger partial charge in [0.05, 0.1) is 0 Å².